The van der Waals surface area contributed by atoms with Gasteiger partial charge in [0.15, 0.2) is 5.43 Å². The van der Waals surface area contributed by atoms with E-state index in [0.717, 1.165) is 0 Å². The summed E-state index contributed by atoms with van der Waals surface area (Å²) in [6.45, 7) is 0. The van der Waals surface area contributed by atoms with E-state index in [0.29, 0.717) is 0 Å². The summed E-state index contributed by atoms with van der Waals surface area (Å²) in [5, 5.41) is 10.9. The maximum Gasteiger partial charge on any atom is 0.280 e. The molecule has 0 N–H and O–H groups in total. The number of ketones is 1. The van der Waals surface area contributed by atoms with Crippen LogP contribution in [0.3, 0.4) is 0 Å². The van der Waals surface area contributed by atoms with Gasteiger partial charge in [-0.05, 0) is 18.2 Å². The van der Waals surface area contributed by atoms with Crippen molar-refractivity contribution < 1.29 is 9.72 Å². The van der Waals surface area contributed by atoms with Crippen molar-refractivity contribution in [2.45, 2.75) is 0 Å². The zero-order valence-corrected chi connectivity index (χ0v) is 9.78. The summed E-state index contributed by atoms with van der Waals surface area (Å²) < 4.78 is 0. The van der Waals surface area contributed by atoms with E-state index < -0.39 is 16.1 Å². The number of nitro groups is 1. The van der Waals surface area contributed by atoms with E-state index in [1.807, 2.05) is 0 Å². The van der Waals surface area contributed by atoms with Gasteiger partial charge in [-0.1, -0.05) is 30.3 Å². The SMILES string of the molecule is O=C(c1ccccc1[N+](=O)[O-])c1cccccc1=O. The second-order valence-electron chi connectivity index (χ2n) is 3.79. The molecule has 0 saturated carbocycles. The van der Waals surface area contributed by atoms with E-state index in [9.17, 15) is 19.7 Å². The number of hydrogen-bond donors (Lipinski definition) is 0. The highest BCUT2D eigenvalue weighted by Gasteiger charge is 2.21. The van der Waals surface area contributed by atoms with Crippen molar-refractivity contribution in [1.29, 1.82) is 0 Å². The zero-order valence-electron chi connectivity index (χ0n) is 9.78. The first-order valence-electron chi connectivity index (χ1n) is 5.49. The van der Waals surface area contributed by atoms with Gasteiger partial charge in [0.2, 0.25) is 5.78 Å². The summed E-state index contributed by atoms with van der Waals surface area (Å²) in [5.74, 6) is -0.645. The summed E-state index contributed by atoms with van der Waals surface area (Å²) in [4.78, 5) is 34.2. The van der Waals surface area contributed by atoms with E-state index in [1.165, 1.54) is 42.5 Å². The van der Waals surface area contributed by atoms with Crippen LogP contribution >= 0.6 is 0 Å². The van der Waals surface area contributed by atoms with Crippen LogP contribution in [0.5, 0.6) is 0 Å². The number of nitrogens with zero attached hydrogens (tertiary/aromatic N) is 1. The van der Waals surface area contributed by atoms with Gasteiger partial charge in [0, 0.05) is 6.07 Å². The van der Waals surface area contributed by atoms with Crippen LogP contribution in [0.4, 0.5) is 5.69 Å². The second kappa shape index (κ2) is 5.22. The van der Waals surface area contributed by atoms with Crippen molar-refractivity contribution in [3.05, 3.63) is 86.1 Å². The van der Waals surface area contributed by atoms with E-state index in [2.05, 4.69) is 0 Å². The largest absolute Gasteiger partial charge is 0.289 e. The summed E-state index contributed by atoms with van der Waals surface area (Å²) in [6.07, 6.45) is 0. The van der Waals surface area contributed by atoms with Gasteiger partial charge in [-0.3, -0.25) is 19.7 Å². The van der Waals surface area contributed by atoms with E-state index in [1.54, 1.807) is 12.1 Å². The van der Waals surface area contributed by atoms with Gasteiger partial charge in [0.25, 0.3) is 5.69 Å². The van der Waals surface area contributed by atoms with Gasteiger partial charge in [-0.2, -0.15) is 0 Å². The van der Waals surface area contributed by atoms with Crippen LogP contribution < -0.4 is 5.43 Å². The minimum absolute atomic E-state index is 0.0840. The van der Waals surface area contributed by atoms with Crippen molar-refractivity contribution in [1.82, 2.24) is 0 Å². The summed E-state index contributed by atoms with van der Waals surface area (Å²) in [6, 6.07) is 12.8. The molecule has 0 heterocycles. The van der Waals surface area contributed by atoms with Crippen LogP contribution in [0.15, 0.2) is 59.4 Å². The smallest absolute Gasteiger partial charge is 0.280 e. The molecule has 19 heavy (non-hydrogen) atoms. The average molecular weight is 255 g/mol. The van der Waals surface area contributed by atoms with Gasteiger partial charge < -0.3 is 0 Å². The fourth-order valence-electron chi connectivity index (χ4n) is 1.69. The second-order valence-corrected chi connectivity index (χ2v) is 3.79. The van der Waals surface area contributed by atoms with Crippen LogP contribution in [0.1, 0.15) is 15.9 Å². The number of para-hydroxylation sites is 1. The zero-order chi connectivity index (χ0) is 13.8. The quantitative estimate of drug-likeness (QED) is 0.478. The number of rotatable bonds is 3. The summed E-state index contributed by atoms with van der Waals surface area (Å²) in [5.41, 5.74) is -0.943. The number of carbonyl (C=O) groups is 1. The molecule has 0 aliphatic heterocycles. The Morgan fingerprint density at radius 3 is 2.21 bits per heavy atom. The number of hydrogen-bond acceptors (Lipinski definition) is 4. The fraction of sp³-hybridized carbons (Fsp3) is 0. The lowest BCUT2D eigenvalue weighted by molar-refractivity contribution is -0.385. The number of nitro benzene ring substituents is 1. The fourth-order valence-corrected chi connectivity index (χ4v) is 1.69. The average Bonchev–Trinajstić information content (AvgIpc) is 2.62. The van der Waals surface area contributed by atoms with Crippen molar-refractivity contribution in [3.63, 3.8) is 0 Å². The minimum atomic E-state index is -0.645. The molecule has 2 rings (SSSR count). The van der Waals surface area contributed by atoms with Crippen LogP contribution in [0.2, 0.25) is 0 Å². The Labute approximate surface area is 108 Å². The molecule has 0 saturated heterocycles. The standard InChI is InChI=1S/C14H9NO4/c16-13-9-3-1-2-7-11(13)14(17)10-6-4-5-8-12(10)15(18)19/h1-9H. The maximum atomic E-state index is 12.2. The molecular formula is C14H9NO4. The molecule has 5 heteroatoms. The van der Waals surface area contributed by atoms with Crippen LogP contribution in [0, 0.1) is 10.1 Å². The van der Waals surface area contributed by atoms with Gasteiger partial charge in [-0.25, -0.2) is 0 Å². The van der Waals surface area contributed by atoms with Crippen LogP contribution in [0.25, 0.3) is 0 Å². The first kappa shape index (κ1) is 12.6. The lowest BCUT2D eigenvalue weighted by Crippen LogP contribution is -2.14. The molecule has 0 radical (unpaired) electrons. The maximum absolute atomic E-state index is 12.2. The van der Waals surface area contributed by atoms with E-state index >= 15 is 0 Å². The Morgan fingerprint density at radius 1 is 0.895 bits per heavy atom. The van der Waals surface area contributed by atoms with Crippen molar-refractivity contribution in [3.8, 4) is 0 Å². The molecule has 94 valence electrons. The molecule has 0 amide bonds. The highest BCUT2D eigenvalue weighted by Crippen LogP contribution is 2.19. The normalized spacial score (nSPS) is 9.89. The molecule has 0 fully saturated rings. The van der Waals surface area contributed by atoms with Gasteiger partial charge in [0.1, 0.15) is 5.56 Å². The molecular weight excluding hydrogens is 246 g/mol. The Kier molecular flexibility index (Phi) is 3.47. The molecule has 0 unspecified atom stereocenters. The Morgan fingerprint density at radius 2 is 1.47 bits per heavy atom. The molecule has 0 spiro atoms. The monoisotopic (exact) mass is 255 g/mol. The summed E-state index contributed by atoms with van der Waals surface area (Å²) in [7, 11) is 0. The molecule has 2 aromatic carbocycles. The van der Waals surface area contributed by atoms with Gasteiger partial charge in [0.05, 0.1) is 10.5 Å². The lowest BCUT2D eigenvalue weighted by Gasteiger charge is -2.00. The minimum Gasteiger partial charge on any atom is -0.289 e. The third-order valence-electron chi connectivity index (χ3n) is 2.59. The number of carbonyl (C=O) groups excluding carboxylic acids is 1. The van der Waals surface area contributed by atoms with E-state index in [4.69, 9.17) is 0 Å². The predicted molar refractivity (Wildman–Crippen MR) is 69.2 cm³/mol. The molecule has 5 nitrogen and oxygen atoms in total. The highest BCUT2D eigenvalue weighted by molar-refractivity contribution is 6.11. The van der Waals surface area contributed by atoms with Gasteiger partial charge >= 0.3 is 0 Å². The summed E-state index contributed by atoms with van der Waals surface area (Å²) >= 11 is 0. The third-order valence-corrected chi connectivity index (χ3v) is 2.59. The molecule has 2 aromatic rings. The Hall–Kier alpha value is -2.82. The molecule has 0 atom stereocenters. The molecule has 0 aromatic heterocycles. The van der Waals surface area contributed by atoms with Crippen molar-refractivity contribution >= 4 is 11.5 Å². The van der Waals surface area contributed by atoms with Gasteiger partial charge in [-0.15, -0.1) is 0 Å². The Balaban J connectivity index is 2.61. The molecule has 0 aliphatic carbocycles. The van der Waals surface area contributed by atoms with Crippen LogP contribution in [-0.2, 0) is 0 Å². The Bertz CT molecular complexity index is 709. The van der Waals surface area contributed by atoms with Crippen LogP contribution in [-0.4, -0.2) is 10.7 Å². The number of benzene rings is 1. The topological polar surface area (TPSA) is 77.3 Å². The van der Waals surface area contributed by atoms with Crippen molar-refractivity contribution in [2.75, 3.05) is 0 Å². The predicted octanol–water partition coefficient (Wildman–Crippen LogP) is 2.19. The lowest BCUT2D eigenvalue weighted by atomic mass is 10.0. The third kappa shape index (κ3) is 2.55. The highest BCUT2D eigenvalue weighted by atomic mass is 16.6. The first-order valence-corrected chi connectivity index (χ1v) is 5.49. The molecule has 0 aliphatic rings. The van der Waals surface area contributed by atoms with E-state index in [-0.39, 0.29) is 16.8 Å². The molecule has 0 bridgehead atoms. The van der Waals surface area contributed by atoms with Crippen molar-refractivity contribution in [2.24, 2.45) is 0 Å². The first-order chi connectivity index (χ1) is 9.11.